The van der Waals surface area contributed by atoms with E-state index in [-0.39, 0.29) is 6.61 Å². The Bertz CT molecular complexity index is 505. The van der Waals surface area contributed by atoms with E-state index in [0.717, 1.165) is 18.8 Å². The molecule has 1 rings (SSSR count). The molecule has 0 saturated heterocycles. The molecule has 0 heterocycles. The average Bonchev–Trinajstić information content (AvgIpc) is 2.72. The van der Waals surface area contributed by atoms with Gasteiger partial charge in [-0.25, -0.2) is 0 Å². The monoisotopic (exact) mass is 392 g/mol. The minimum atomic E-state index is -0.901. The summed E-state index contributed by atoms with van der Waals surface area (Å²) in [5, 5.41) is 11.5. The van der Waals surface area contributed by atoms with Crippen molar-refractivity contribution in [3.8, 4) is 5.75 Å². The summed E-state index contributed by atoms with van der Waals surface area (Å²) in [6.45, 7) is 2.62. The van der Waals surface area contributed by atoms with Gasteiger partial charge in [-0.2, -0.15) is 0 Å². The van der Waals surface area contributed by atoms with Crippen molar-refractivity contribution in [3.63, 3.8) is 0 Å². The summed E-state index contributed by atoms with van der Waals surface area (Å²) in [6.07, 6.45) is 16.0. The van der Waals surface area contributed by atoms with E-state index in [2.05, 4.69) is 12.2 Å². The zero-order chi connectivity index (χ0) is 20.5. The lowest BCUT2D eigenvalue weighted by Gasteiger charge is -2.10. The van der Waals surface area contributed by atoms with E-state index in [4.69, 9.17) is 15.6 Å². The van der Waals surface area contributed by atoms with Gasteiger partial charge in [-0.05, 0) is 30.7 Å². The van der Waals surface area contributed by atoms with Crippen molar-refractivity contribution in [2.24, 2.45) is 5.73 Å². The van der Waals surface area contributed by atoms with Crippen LogP contribution < -0.4 is 15.8 Å². The molecule has 0 spiro atoms. The molecule has 0 bridgehead atoms. The summed E-state index contributed by atoms with van der Waals surface area (Å²) in [6, 6.07) is 6.32. The Hall–Kier alpha value is -1.59. The maximum Gasteiger partial charge on any atom is 0.243 e. The molecule has 1 aromatic rings. The predicted molar refractivity (Wildman–Crippen MR) is 117 cm³/mol. The number of benzene rings is 1. The number of ether oxygens (including phenoxy) is 1. The molecular weight excluding hydrogens is 352 g/mol. The van der Waals surface area contributed by atoms with Gasteiger partial charge in [0.25, 0.3) is 0 Å². The number of rotatable bonds is 17. The molecule has 0 saturated carbocycles. The Kier molecular flexibility index (Phi) is 14.3. The number of anilines is 1. The average molecular weight is 393 g/mol. The third-order valence-corrected chi connectivity index (χ3v) is 4.92. The topological polar surface area (TPSA) is 84.6 Å². The molecule has 1 amide bonds. The van der Waals surface area contributed by atoms with Crippen LogP contribution in [0.25, 0.3) is 0 Å². The number of nitrogens with one attached hydrogen (secondary N) is 1. The third kappa shape index (κ3) is 12.0. The van der Waals surface area contributed by atoms with E-state index in [9.17, 15) is 4.79 Å². The van der Waals surface area contributed by atoms with E-state index in [1.165, 1.54) is 70.6 Å². The Balaban J connectivity index is 1.98. The van der Waals surface area contributed by atoms with Crippen LogP contribution in [-0.2, 0) is 4.79 Å². The quantitative estimate of drug-likeness (QED) is 0.325. The highest BCUT2D eigenvalue weighted by Crippen LogP contribution is 2.17. The fraction of sp³-hybridized carbons (Fsp3) is 0.696. The molecule has 0 aliphatic rings. The van der Waals surface area contributed by atoms with Gasteiger partial charge in [-0.15, -0.1) is 0 Å². The van der Waals surface area contributed by atoms with Crippen molar-refractivity contribution >= 4 is 11.6 Å². The van der Waals surface area contributed by atoms with Crippen molar-refractivity contribution in [3.05, 3.63) is 24.3 Å². The van der Waals surface area contributed by atoms with Crippen LogP contribution in [0.4, 0.5) is 5.69 Å². The van der Waals surface area contributed by atoms with Crippen molar-refractivity contribution in [2.45, 2.75) is 90.0 Å². The fourth-order valence-electron chi connectivity index (χ4n) is 3.09. The van der Waals surface area contributed by atoms with Gasteiger partial charge in [0.2, 0.25) is 5.91 Å². The molecule has 160 valence electrons. The summed E-state index contributed by atoms with van der Waals surface area (Å²) >= 11 is 0. The predicted octanol–water partition coefficient (Wildman–Crippen LogP) is 5.02. The second-order valence-corrected chi connectivity index (χ2v) is 7.54. The van der Waals surface area contributed by atoms with Crippen molar-refractivity contribution in [2.75, 3.05) is 18.5 Å². The Morgan fingerprint density at radius 2 is 1.43 bits per heavy atom. The van der Waals surface area contributed by atoms with Crippen LogP contribution in [0.15, 0.2) is 24.3 Å². The first kappa shape index (κ1) is 24.4. The van der Waals surface area contributed by atoms with Gasteiger partial charge in [0.15, 0.2) is 0 Å². The number of carbonyl (C=O) groups is 1. The van der Waals surface area contributed by atoms with Crippen LogP contribution in [0.5, 0.6) is 5.75 Å². The largest absolute Gasteiger partial charge is 0.494 e. The number of amides is 1. The highest BCUT2D eigenvalue weighted by molar-refractivity contribution is 5.94. The molecular formula is C23H40N2O3. The molecule has 5 heteroatoms. The molecule has 5 nitrogen and oxygen atoms in total. The summed E-state index contributed by atoms with van der Waals surface area (Å²) in [7, 11) is 0. The lowest BCUT2D eigenvalue weighted by atomic mass is 10.1. The van der Waals surface area contributed by atoms with Crippen LogP contribution in [0.1, 0.15) is 84.0 Å². The number of hydrogen-bond donors (Lipinski definition) is 3. The first-order valence-electron chi connectivity index (χ1n) is 11.1. The molecule has 1 aromatic carbocycles. The summed E-state index contributed by atoms with van der Waals surface area (Å²) in [4.78, 5) is 11.6. The summed E-state index contributed by atoms with van der Waals surface area (Å²) < 4.78 is 5.75. The lowest BCUT2D eigenvalue weighted by Crippen LogP contribution is -2.38. The van der Waals surface area contributed by atoms with Gasteiger partial charge < -0.3 is 20.9 Å². The van der Waals surface area contributed by atoms with Gasteiger partial charge in [-0.1, -0.05) is 77.6 Å². The SMILES string of the molecule is CCCCCCCCCCCCCCOc1ccc(NC(=O)C(N)CO)cc1. The van der Waals surface area contributed by atoms with Crippen LogP contribution in [0, 0.1) is 0 Å². The van der Waals surface area contributed by atoms with Gasteiger partial charge in [0, 0.05) is 5.69 Å². The van der Waals surface area contributed by atoms with Crippen molar-refractivity contribution < 1.29 is 14.6 Å². The van der Waals surface area contributed by atoms with Gasteiger partial charge in [0.05, 0.1) is 13.2 Å². The molecule has 0 aliphatic carbocycles. The molecule has 0 fully saturated rings. The van der Waals surface area contributed by atoms with Crippen LogP contribution in [-0.4, -0.2) is 30.3 Å². The highest BCUT2D eigenvalue weighted by Gasteiger charge is 2.11. The van der Waals surface area contributed by atoms with Crippen LogP contribution >= 0.6 is 0 Å². The van der Waals surface area contributed by atoms with E-state index in [1.54, 1.807) is 12.1 Å². The molecule has 4 N–H and O–H groups in total. The van der Waals surface area contributed by atoms with Gasteiger partial charge >= 0.3 is 0 Å². The van der Waals surface area contributed by atoms with Crippen LogP contribution in [0.3, 0.4) is 0 Å². The zero-order valence-corrected chi connectivity index (χ0v) is 17.6. The van der Waals surface area contributed by atoms with Crippen molar-refractivity contribution in [1.29, 1.82) is 0 Å². The fourth-order valence-corrected chi connectivity index (χ4v) is 3.09. The van der Waals surface area contributed by atoms with Crippen molar-refractivity contribution in [1.82, 2.24) is 0 Å². The molecule has 0 aromatic heterocycles. The Labute approximate surface area is 171 Å². The molecule has 1 unspecified atom stereocenters. The second-order valence-electron chi connectivity index (χ2n) is 7.54. The maximum absolute atomic E-state index is 11.6. The molecule has 0 aliphatic heterocycles. The van der Waals surface area contributed by atoms with E-state index in [0.29, 0.717) is 5.69 Å². The second kappa shape index (κ2) is 16.4. The number of nitrogens with two attached hydrogens (primary N) is 1. The van der Waals surface area contributed by atoms with Gasteiger partial charge in [-0.3, -0.25) is 4.79 Å². The minimum absolute atomic E-state index is 0.369. The molecule has 28 heavy (non-hydrogen) atoms. The number of aliphatic hydroxyl groups is 1. The summed E-state index contributed by atoms with van der Waals surface area (Å²) in [5.74, 6) is 0.403. The first-order chi connectivity index (χ1) is 13.7. The van der Waals surface area contributed by atoms with E-state index < -0.39 is 11.9 Å². The third-order valence-electron chi connectivity index (χ3n) is 4.92. The number of unbranched alkanes of at least 4 members (excludes halogenated alkanes) is 11. The summed E-state index contributed by atoms with van der Waals surface area (Å²) in [5.41, 5.74) is 6.11. The minimum Gasteiger partial charge on any atom is -0.494 e. The Morgan fingerprint density at radius 3 is 1.93 bits per heavy atom. The first-order valence-corrected chi connectivity index (χ1v) is 11.1. The molecule has 0 radical (unpaired) electrons. The smallest absolute Gasteiger partial charge is 0.243 e. The van der Waals surface area contributed by atoms with E-state index >= 15 is 0 Å². The normalized spacial score (nSPS) is 12.0. The molecule has 1 atom stereocenters. The highest BCUT2D eigenvalue weighted by atomic mass is 16.5. The van der Waals surface area contributed by atoms with Crippen LogP contribution in [0.2, 0.25) is 0 Å². The number of carbonyl (C=O) groups excluding carboxylic acids is 1. The Morgan fingerprint density at radius 1 is 0.929 bits per heavy atom. The number of aliphatic hydroxyl groups excluding tert-OH is 1. The lowest BCUT2D eigenvalue weighted by molar-refractivity contribution is -0.118. The standard InChI is InChI=1S/C23H40N2O3/c1-2-3-4-5-6-7-8-9-10-11-12-13-18-28-21-16-14-20(15-17-21)25-23(27)22(24)19-26/h14-17,22,26H,2-13,18-19,24H2,1H3,(H,25,27). The zero-order valence-electron chi connectivity index (χ0n) is 17.6. The van der Waals surface area contributed by atoms with E-state index in [1.807, 2.05) is 12.1 Å². The maximum atomic E-state index is 11.6. The number of hydrogen-bond acceptors (Lipinski definition) is 4. The van der Waals surface area contributed by atoms with Gasteiger partial charge in [0.1, 0.15) is 11.8 Å².